The van der Waals surface area contributed by atoms with Crippen LogP contribution in [0.5, 0.6) is 11.5 Å². The molecule has 1 saturated heterocycles. The molecule has 1 aliphatic heterocycles. The molecule has 0 amide bonds. The van der Waals surface area contributed by atoms with E-state index in [2.05, 4.69) is 19.1 Å². The third-order valence-corrected chi connectivity index (χ3v) is 4.54. The molecule has 0 unspecified atom stereocenters. The van der Waals surface area contributed by atoms with Crippen molar-refractivity contribution in [1.29, 1.82) is 0 Å². The average Bonchev–Trinajstić information content (AvgIpc) is 3.30. The van der Waals surface area contributed by atoms with Crippen LogP contribution >= 0.6 is 0 Å². The summed E-state index contributed by atoms with van der Waals surface area (Å²) in [5.74, 6) is 1.59. The lowest BCUT2D eigenvalue weighted by Crippen LogP contribution is -2.19. The van der Waals surface area contributed by atoms with E-state index in [-0.39, 0.29) is 18.5 Å². The third-order valence-electron chi connectivity index (χ3n) is 4.54. The Morgan fingerprint density at radius 1 is 1.08 bits per heavy atom. The van der Waals surface area contributed by atoms with Crippen LogP contribution in [0.2, 0.25) is 0 Å². The molecule has 0 aliphatic carbocycles. The highest BCUT2D eigenvalue weighted by molar-refractivity contribution is 5.41. The van der Waals surface area contributed by atoms with Gasteiger partial charge in [-0.1, -0.05) is 30.3 Å². The first-order chi connectivity index (χ1) is 12.6. The second-order valence-electron chi connectivity index (χ2n) is 6.63. The highest BCUT2D eigenvalue weighted by Gasteiger charge is 2.52. The van der Waals surface area contributed by atoms with Gasteiger partial charge in [0, 0.05) is 19.1 Å². The maximum absolute atomic E-state index is 5.93. The summed E-state index contributed by atoms with van der Waals surface area (Å²) >= 11 is 0. The van der Waals surface area contributed by atoms with Gasteiger partial charge in [-0.25, -0.2) is 0 Å². The van der Waals surface area contributed by atoms with Crippen molar-refractivity contribution in [3.05, 3.63) is 59.7 Å². The van der Waals surface area contributed by atoms with Crippen molar-refractivity contribution in [2.24, 2.45) is 0 Å². The largest absolute Gasteiger partial charge is 0.497 e. The molecule has 5 nitrogen and oxygen atoms in total. The zero-order chi connectivity index (χ0) is 18.4. The summed E-state index contributed by atoms with van der Waals surface area (Å²) in [5, 5.41) is 0. The molecule has 26 heavy (non-hydrogen) atoms. The van der Waals surface area contributed by atoms with Gasteiger partial charge in [0.2, 0.25) is 0 Å². The van der Waals surface area contributed by atoms with Gasteiger partial charge in [0.05, 0.1) is 26.4 Å². The van der Waals surface area contributed by atoms with Gasteiger partial charge in [0.25, 0.3) is 0 Å². The van der Waals surface area contributed by atoms with E-state index in [4.69, 9.17) is 23.7 Å². The van der Waals surface area contributed by atoms with Crippen LogP contribution in [-0.4, -0.2) is 39.3 Å². The highest BCUT2D eigenvalue weighted by Crippen LogP contribution is 2.40. The van der Waals surface area contributed by atoms with Crippen LogP contribution in [-0.2, 0) is 27.2 Å². The zero-order valence-corrected chi connectivity index (χ0v) is 15.6. The Labute approximate surface area is 154 Å². The van der Waals surface area contributed by atoms with Crippen molar-refractivity contribution in [2.75, 3.05) is 27.6 Å². The molecular formula is C21H26O5. The second kappa shape index (κ2) is 8.54. The molecule has 2 atom stereocenters. The molecule has 3 rings (SSSR count). The van der Waals surface area contributed by atoms with Crippen LogP contribution in [0.3, 0.4) is 0 Å². The molecule has 5 heteroatoms. The minimum Gasteiger partial charge on any atom is -0.497 e. The predicted molar refractivity (Wildman–Crippen MR) is 98.6 cm³/mol. The molecule has 0 aromatic heterocycles. The van der Waals surface area contributed by atoms with Crippen molar-refractivity contribution >= 4 is 0 Å². The number of hydrogen-bond donors (Lipinski definition) is 0. The van der Waals surface area contributed by atoms with Crippen LogP contribution in [0.25, 0.3) is 0 Å². The van der Waals surface area contributed by atoms with E-state index in [1.165, 1.54) is 0 Å². The van der Waals surface area contributed by atoms with Gasteiger partial charge in [0.15, 0.2) is 6.79 Å². The predicted octanol–water partition coefficient (Wildman–Crippen LogP) is 3.59. The van der Waals surface area contributed by atoms with E-state index in [0.29, 0.717) is 13.2 Å². The molecule has 1 fully saturated rings. The van der Waals surface area contributed by atoms with Crippen LogP contribution < -0.4 is 9.47 Å². The molecule has 1 heterocycles. The summed E-state index contributed by atoms with van der Waals surface area (Å²) in [4.78, 5) is 0. The lowest BCUT2D eigenvalue weighted by Gasteiger charge is -2.13. The number of epoxide rings is 1. The first-order valence-corrected chi connectivity index (χ1v) is 8.73. The quantitative estimate of drug-likeness (QED) is 0.480. The van der Waals surface area contributed by atoms with Crippen molar-refractivity contribution in [2.45, 2.75) is 31.7 Å². The summed E-state index contributed by atoms with van der Waals surface area (Å²) in [6.45, 7) is 3.44. The minimum atomic E-state index is -0.267. The number of hydrogen-bond acceptors (Lipinski definition) is 5. The molecule has 2 aromatic carbocycles. The maximum atomic E-state index is 5.93. The summed E-state index contributed by atoms with van der Waals surface area (Å²) in [6.07, 6.45) is 0.830. The molecule has 0 saturated carbocycles. The van der Waals surface area contributed by atoms with Gasteiger partial charge < -0.3 is 23.7 Å². The van der Waals surface area contributed by atoms with Crippen LogP contribution in [0.4, 0.5) is 0 Å². The Morgan fingerprint density at radius 3 is 2.62 bits per heavy atom. The Kier molecular flexibility index (Phi) is 6.14. The lowest BCUT2D eigenvalue weighted by atomic mass is 10.0. The van der Waals surface area contributed by atoms with Gasteiger partial charge in [-0.3, -0.25) is 0 Å². The summed E-state index contributed by atoms with van der Waals surface area (Å²) in [5.41, 5.74) is 1.94. The minimum absolute atomic E-state index is 0.0928. The van der Waals surface area contributed by atoms with Crippen LogP contribution in [0.1, 0.15) is 18.1 Å². The van der Waals surface area contributed by atoms with Crippen LogP contribution in [0.15, 0.2) is 48.5 Å². The fourth-order valence-corrected chi connectivity index (χ4v) is 2.93. The Bertz CT molecular complexity index is 703. The molecular weight excluding hydrogens is 332 g/mol. The highest BCUT2D eigenvalue weighted by atomic mass is 16.7. The lowest BCUT2D eigenvalue weighted by molar-refractivity contribution is 0.0503. The monoisotopic (exact) mass is 358 g/mol. The zero-order valence-electron chi connectivity index (χ0n) is 15.6. The SMILES string of the molecule is COCOc1ccc(OC)cc1C[C@@H]1O[C@@]1(C)COCc1ccccc1. The van der Waals surface area contributed by atoms with Crippen molar-refractivity contribution < 1.29 is 23.7 Å². The van der Waals surface area contributed by atoms with E-state index >= 15 is 0 Å². The topological polar surface area (TPSA) is 49.5 Å². The van der Waals surface area contributed by atoms with Gasteiger partial charge in [-0.15, -0.1) is 0 Å². The number of ether oxygens (including phenoxy) is 5. The standard InChI is InChI=1S/C21H26O5/c1-21(14-24-13-16-7-5-4-6-8-16)20(26-21)12-17-11-18(23-3)9-10-19(17)25-15-22-2/h4-11,20H,12-15H2,1-3H3/t20-,21-/m0/s1. The fourth-order valence-electron chi connectivity index (χ4n) is 2.93. The van der Waals surface area contributed by atoms with Gasteiger partial charge in [0.1, 0.15) is 17.1 Å². The molecule has 1 aliphatic rings. The number of benzene rings is 2. The van der Waals surface area contributed by atoms with Gasteiger partial charge >= 0.3 is 0 Å². The summed E-state index contributed by atoms with van der Waals surface area (Å²) < 4.78 is 27.8. The summed E-state index contributed by atoms with van der Waals surface area (Å²) in [7, 11) is 3.26. The van der Waals surface area contributed by atoms with Gasteiger partial charge in [-0.05, 0) is 30.7 Å². The van der Waals surface area contributed by atoms with Crippen molar-refractivity contribution in [3.8, 4) is 11.5 Å². The summed E-state index contributed by atoms with van der Waals surface area (Å²) in [6, 6.07) is 15.9. The normalized spacial score (nSPS) is 21.4. The molecule has 140 valence electrons. The Balaban J connectivity index is 1.56. The van der Waals surface area contributed by atoms with Crippen LogP contribution in [0, 0.1) is 0 Å². The molecule has 2 aromatic rings. The average molecular weight is 358 g/mol. The first kappa shape index (κ1) is 18.7. The fraction of sp³-hybridized carbons (Fsp3) is 0.429. The number of rotatable bonds is 10. The van der Waals surface area contributed by atoms with E-state index in [0.717, 1.165) is 29.0 Å². The van der Waals surface area contributed by atoms with Crippen molar-refractivity contribution in [3.63, 3.8) is 0 Å². The maximum Gasteiger partial charge on any atom is 0.188 e. The van der Waals surface area contributed by atoms with E-state index in [1.807, 2.05) is 36.4 Å². The Morgan fingerprint density at radius 2 is 1.88 bits per heavy atom. The first-order valence-electron chi connectivity index (χ1n) is 8.73. The van der Waals surface area contributed by atoms with E-state index in [1.54, 1.807) is 14.2 Å². The van der Waals surface area contributed by atoms with Gasteiger partial charge in [-0.2, -0.15) is 0 Å². The van der Waals surface area contributed by atoms with E-state index < -0.39 is 0 Å². The second-order valence-corrected chi connectivity index (χ2v) is 6.63. The molecule has 0 radical (unpaired) electrons. The smallest absolute Gasteiger partial charge is 0.188 e. The molecule has 0 N–H and O–H groups in total. The molecule has 0 bridgehead atoms. The third kappa shape index (κ3) is 4.75. The van der Waals surface area contributed by atoms with Crippen molar-refractivity contribution in [1.82, 2.24) is 0 Å². The van der Waals surface area contributed by atoms with E-state index in [9.17, 15) is 0 Å². The number of methoxy groups -OCH3 is 2. The molecule has 0 spiro atoms. The Hall–Kier alpha value is -2.08.